The van der Waals surface area contributed by atoms with Gasteiger partial charge in [0.2, 0.25) is 0 Å². The second-order valence-electron chi connectivity index (χ2n) is 18.9. The number of thiophene rings is 2. The van der Waals surface area contributed by atoms with E-state index in [1.807, 2.05) is 22.7 Å². The molecule has 0 aliphatic carbocycles. The Bertz CT molecular complexity index is 1480. The Kier molecular flexibility index (Phi) is 26.7. The molecule has 2 heterocycles. The summed E-state index contributed by atoms with van der Waals surface area (Å²) in [4.78, 5) is 2.89. The lowest BCUT2D eigenvalue weighted by atomic mass is 9.91. The van der Waals surface area contributed by atoms with Crippen molar-refractivity contribution in [1.82, 2.24) is 0 Å². The van der Waals surface area contributed by atoms with E-state index < -0.39 is 0 Å². The molecular formula is C56H92S2. The lowest BCUT2D eigenvalue weighted by molar-refractivity contribution is 0.524. The van der Waals surface area contributed by atoms with Gasteiger partial charge in [0.05, 0.1) is 9.40 Å². The zero-order valence-electron chi connectivity index (χ0n) is 39.0. The Morgan fingerprint density at radius 1 is 0.276 bits per heavy atom. The fraction of sp³-hybridized carbons (Fsp3) is 0.750. The minimum absolute atomic E-state index is 1.26. The first kappa shape index (κ1) is 49.3. The highest BCUT2D eigenvalue weighted by Crippen LogP contribution is 2.44. The van der Waals surface area contributed by atoms with Crippen LogP contribution in [0.15, 0.2) is 24.3 Å². The van der Waals surface area contributed by atoms with Crippen LogP contribution in [0.2, 0.25) is 0 Å². The summed E-state index contributed by atoms with van der Waals surface area (Å²) in [5, 5.41) is 6.04. The predicted molar refractivity (Wildman–Crippen MR) is 269 cm³/mol. The predicted octanol–water partition coefficient (Wildman–Crippen LogP) is 21.1. The van der Waals surface area contributed by atoms with E-state index in [4.69, 9.17) is 0 Å². The van der Waals surface area contributed by atoms with Gasteiger partial charge >= 0.3 is 0 Å². The molecule has 2 heteroatoms. The van der Waals surface area contributed by atoms with Crippen molar-refractivity contribution in [2.75, 3.05) is 0 Å². The molecule has 0 radical (unpaired) electrons. The summed E-state index contributed by atoms with van der Waals surface area (Å²) in [6.45, 7) is 9.23. The quantitative estimate of drug-likeness (QED) is 0.0395. The molecule has 0 saturated carbocycles. The van der Waals surface area contributed by atoms with E-state index in [-0.39, 0.29) is 0 Å². The molecule has 0 nitrogen and oxygen atoms in total. The summed E-state index contributed by atoms with van der Waals surface area (Å²) in [5.41, 5.74) is 3.32. The highest BCUT2D eigenvalue weighted by atomic mass is 32.1. The van der Waals surface area contributed by atoms with Gasteiger partial charge in [0.15, 0.2) is 0 Å². The van der Waals surface area contributed by atoms with Crippen molar-refractivity contribution in [2.45, 2.75) is 272 Å². The number of hydrogen-bond acceptors (Lipinski definition) is 2. The Balaban J connectivity index is 1.13. The third kappa shape index (κ3) is 19.1. The molecule has 0 amide bonds. The van der Waals surface area contributed by atoms with Crippen LogP contribution < -0.4 is 0 Å². The van der Waals surface area contributed by atoms with Crippen LogP contribution in [0.1, 0.15) is 266 Å². The zero-order chi connectivity index (χ0) is 40.9. The molecular weight excluding hydrogens is 737 g/mol. The molecule has 0 saturated heterocycles. The molecule has 4 aromatic rings. The van der Waals surface area contributed by atoms with Gasteiger partial charge in [0, 0.05) is 20.5 Å². The largest absolute Gasteiger partial charge is 0.139 e. The minimum Gasteiger partial charge on any atom is -0.139 e. The molecule has 0 N–H and O–H groups in total. The van der Waals surface area contributed by atoms with E-state index in [1.165, 1.54) is 285 Å². The van der Waals surface area contributed by atoms with Gasteiger partial charge < -0.3 is 0 Å². The molecule has 0 bridgehead atoms. The van der Waals surface area contributed by atoms with Crippen molar-refractivity contribution >= 4 is 53.6 Å². The Morgan fingerprint density at radius 3 is 0.741 bits per heavy atom. The van der Waals surface area contributed by atoms with Crippen molar-refractivity contribution in [3.8, 4) is 0 Å². The van der Waals surface area contributed by atoms with Gasteiger partial charge in [-0.1, -0.05) is 244 Å². The number of hydrogen-bond donors (Lipinski definition) is 0. The molecule has 2 aromatic carbocycles. The first-order valence-corrected chi connectivity index (χ1v) is 27.6. The second kappa shape index (κ2) is 31.5. The highest BCUT2D eigenvalue weighted by molar-refractivity contribution is 7.27. The molecule has 0 unspecified atom stereocenters. The summed E-state index contributed by atoms with van der Waals surface area (Å²) in [6.07, 6.45) is 54.5. The third-order valence-electron chi connectivity index (χ3n) is 13.4. The van der Waals surface area contributed by atoms with Crippen LogP contribution in [0.3, 0.4) is 0 Å². The second-order valence-corrected chi connectivity index (χ2v) is 21.4. The maximum atomic E-state index is 2.66. The lowest BCUT2D eigenvalue weighted by Gasteiger charge is -2.14. The van der Waals surface area contributed by atoms with E-state index in [2.05, 4.69) is 52.0 Å². The summed E-state index contributed by atoms with van der Waals surface area (Å²) < 4.78 is 3.04. The molecule has 0 spiro atoms. The first-order valence-electron chi connectivity index (χ1n) is 26.0. The lowest BCUT2D eigenvalue weighted by Crippen LogP contribution is -1.97. The molecule has 0 atom stereocenters. The van der Waals surface area contributed by atoms with Gasteiger partial charge in [-0.3, -0.25) is 0 Å². The van der Waals surface area contributed by atoms with Gasteiger partial charge in [0.1, 0.15) is 0 Å². The van der Waals surface area contributed by atoms with Gasteiger partial charge in [0.25, 0.3) is 0 Å². The highest BCUT2D eigenvalue weighted by Gasteiger charge is 2.16. The SMILES string of the molecule is CCCCCCCCCCCCCCCCCCCCc1cc2c(cc1CCCCCCCCCCCCCCCCCCCC)c1cc(C)sc1c1sc(C)cc21. The molecule has 328 valence electrons. The van der Waals surface area contributed by atoms with Crippen LogP contribution in [-0.2, 0) is 12.8 Å². The standard InChI is InChI=1S/C56H92S2/c1-5-7-9-11-13-15-17-19-21-23-25-27-29-31-33-35-37-39-41-49-45-51-52(54-44-48(4)58-56(54)55-53(51)43-47(3)57-55)46-50(49)42-40-38-36-34-32-30-28-26-24-22-20-18-16-14-12-10-8-6-2/h43-46H,5-42H2,1-4H3. The monoisotopic (exact) mass is 829 g/mol. The Labute approximate surface area is 368 Å². The van der Waals surface area contributed by atoms with Crippen LogP contribution >= 0.6 is 22.7 Å². The molecule has 0 aliphatic heterocycles. The van der Waals surface area contributed by atoms with E-state index in [1.54, 1.807) is 11.1 Å². The van der Waals surface area contributed by atoms with Gasteiger partial charge in [-0.25, -0.2) is 0 Å². The molecule has 4 rings (SSSR count). The normalized spacial score (nSPS) is 12.0. The smallest absolute Gasteiger partial charge is 0.0530 e. The number of unbranched alkanes of at least 4 members (excludes halogenated alkanes) is 34. The van der Waals surface area contributed by atoms with Gasteiger partial charge in [-0.15, -0.1) is 22.7 Å². The minimum atomic E-state index is 1.26. The number of rotatable bonds is 38. The summed E-state index contributed by atoms with van der Waals surface area (Å²) >= 11 is 4.01. The molecule has 58 heavy (non-hydrogen) atoms. The van der Waals surface area contributed by atoms with Crippen molar-refractivity contribution < 1.29 is 0 Å². The van der Waals surface area contributed by atoms with E-state index in [9.17, 15) is 0 Å². The maximum Gasteiger partial charge on any atom is 0.0530 e. The van der Waals surface area contributed by atoms with Crippen LogP contribution in [0.4, 0.5) is 0 Å². The van der Waals surface area contributed by atoms with Crippen molar-refractivity contribution in [3.63, 3.8) is 0 Å². The number of benzene rings is 2. The van der Waals surface area contributed by atoms with Crippen LogP contribution in [0.25, 0.3) is 30.9 Å². The zero-order valence-corrected chi connectivity index (χ0v) is 40.6. The fourth-order valence-electron chi connectivity index (χ4n) is 9.80. The number of aryl methyl sites for hydroxylation is 4. The van der Waals surface area contributed by atoms with Gasteiger partial charge in [-0.2, -0.15) is 0 Å². The van der Waals surface area contributed by atoms with E-state index >= 15 is 0 Å². The Hall–Kier alpha value is -1.38. The average molecular weight is 829 g/mol. The molecule has 0 aliphatic rings. The molecule has 2 aromatic heterocycles. The van der Waals surface area contributed by atoms with E-state index in [0.29, 0.717) is 0 Å². The Morgan fingerprint density at radius 2 is 0.500 bits per heavy atom. The van der Waals surface area contributed by atoms with Crippen molar-refractivity contribution in [3.05, 3.63) is 45.1 Å². The summed E-state index contributed by atoms with van der Waals surface area (Å²) in [6, 6.07) is 10.3. The van der Waals surface area contributed by atoms with Crippen LogP contribution in [0, 0.1) is 13.8 Å². The molecule has 0 fully saturated rings. The van der Waals surface area contributed by atoms with E-state index in [0.717, 1.165) is 0 Å². The number of fused-ring (bicyclic) bond motifs is 6. The van der Waals surface area contributed by atoms with Crippen molar-refractivity contribution in [1.29, 1.82) is 0 Å². The maximum absolute atomic E-state index is 2.66. The van der Waals surface area contributed by atoms with Gasteiger partial charge in [-0.05, 0) is 73.6 Å². The van der Waals surface area contributed by atoms with Crippen molar-refractivity contribution in [2.24, 2.45) is 0 Å². The average Bonchev–Trinajstić information content (AvgIpc) is 3.82. The van der Waals surface area contributed by atoms with Crippen LogP contribution in [0.5, 0.6) is 0 Å². The summed E-state index contributed by atoms with van der Waals surface area (Å²) in [7, 11) is 0. The van der Waals surface area contributed by atoms with Crippen LogP contribution in [-0.4, -0.2) is 0 Å². The fourth-order valence-corrected chi connectivity index (χ4v) is 12.0. The summed E-state index contributed by atoms with van der Waals surface area (Å²) in [5.74, 6) is 0. The topological polar surface area (TPSA) is 0 Å². The third-order valence-corrected chi connectivity index (χ3v) is 15.7. The first-order chi connectivity index (χ1) is 28.6.